The second kappa shape index (κ2) is 7.76. The van der Waals surface area contributed by atoms with E-state index in [0.717, 1.165) is 0 Å². The van der Waals surface area contributed by atoms with Crippen molar-refractivity contribution in [2.24, 2.45) is 0 Å². The number of benzene rings is 2. The van der Waals surface area contributed by atoms with Gasteiger partial charge in [-0.2, -0.15) is 0 Å². The van der Waals surface area contributed by atoms with Gasteiger partial charge in [-0.3, -0.25) is 4.79 Å². The van der Waals surface area contributed by atoms with E-state index < -0.39 is 11.7 Å². The van der Waals surface area contributed by atoms with Gasteiger partial charge in [0.1, 0.15) is 17.2 Å². The molecular weight excluding hydrogens is 336 g/mol. The van der Waals surface area contributed by atoms with Crippen LogP contribution in [0.3, 0.4) is 0 Å². The molecule has 6 heteroatoms. The number of hydrogen-bond donors (Lipinski definition) is 5. The van der Waals surface area contributed by atoms with Crippen LogP contribution in [0.1, 0.15) is 41.8 Å². The van der Waals surface area contributed by atoms with Gasteiger partial charge in [0.2, 0.25) is 0 Å². The van der Waals surface area contributed by atoms with Crippen molar-refractivity contribution in [1.29, 1.82) is 0 Å². The average molecular weight is 360 g/mol. The molecule has 6 nitrogen and oxygen atoms in total. The highest BCUT2D eigenvalue weighted by Crippen LogP contribution is 2.33. The summed E-state index contributed by atoms with van der Waals surface area (Å²) in [6.07, 6.45) is -0.914. The van der Waals surface area contributed by atoms with Crippen molar-refractivity contribution in [3.63, 3.8) is 0 Å². The Balaban J connectivity index is 2.14. The van der Waals surface area contributed by atoms with Gasteiger partial charge in [-0.1, -0.05) is 6.07 Å². The van der Waals surface area contributed by atoms with Gasteiger partial charge in [-0.25, -0.2) is 0 Å². The molecule has 5 N–H and O–H groups in total. The van der Waals surface area contributed by atoms with E-state index >= 15 is 0 Å². The van der Waals surface area contributed by atoms with Gasteiger partial charge in [0.25, 0.3) is 0 Å². The molecule has 0 aliphatic heterocycles. The highest BCUT2D eigenvalue weighted by molar-refractivity contribution is 5.96. The van der Waals surface area contributed by atoms with E-state index in [2.05, 4.69) is 0 Å². The minimum absolute atomic E-state index is 0.0766. The summed E-state index contributed by atoms with van der Waals surface area (Å²) < 4.78 is 0. The second-order valence-electron chi connectivity index (χ2n) is 6.91. The molecule has 0 aromatic heterocycles. The third kappa shape index (κ3) is 4.74. The zero-order valence-corrected chi connectivity index (χ0v) is 14.8. The molecule has 0 spiro atoms. The van der Waals surface area contributed by atoms with Crippen LogP contribution in [-0.2, 0) is 12.8 Å². The summed E-state index contributed by atoms with van der Waals surface area (Å²) in [6.45, 7) is 2.87. The van der Waals surface area contributed by atoms with Crippen LogP contribution in [0.2, 0.25) is 0 Å². The Bertz CT molecular complexity index is 774. The average Bonchev–Trinajstić information content (AvgIpc) is 2.57. The Labute approximate surface area is 152 Å². The number of ketones is 1. The van der Waals surface area contributed by atoms with Crippen LogP contribution in [-0.4, -0.2) is 43.0 Å². The van der Waals surface area contributed by atoms with E-state index in [4.69, 9.17) is 0 Å². The number of phenolic OH excluding ortho intramolecular Hbond substituents is 3. The molecule has 0 radical (unpaired) electrons. The van der Waals surface area contributed by atoms with E-state index in [9.17, 15) is 30.3 Å². The minimum atomic E-state index is -1.39. The molecule has 0 bridgehead atoms. The van der Waals surface area contributed by atoms with Crippen LogP contribution in [0, 0.1) is 0 Å². The summed E-state index contributed by atoms with van der Waals surface area (Å²) in [4.78, 5) is 12.2. The number of aliphatic hydroxyl groups is 2. The molecule has 0 heterocycles. The normalized spacial score (nSPS) is 12.8. The SMILES string of the molecule is CC(C)(O)C(O)Cc1c(O)ccc(CCC(=O)c2ccc(O)cc2)c1O. The summed E-state index contributed by atoms with van der Waals surface area (Å²) in [6, 6.07) is 8.84. The largest absolute Gasteiger partial charge is 0.508 e. The molecule has 2 aromatic rings. The number of carbonyl (C=O) groups is 1. The zero-order chi connectivity index (χ0) is 19.5. The molecule has 0 amide bonds. The van der Waals surface area contributed by atoms with Crippen molar-refractivity contribution in [2.45, 2.75) is 44.8 Å². The number of rotatable bonds is 7. The lowest BCUT2D eigenvalue weighted by Gasteiger charge is -2.25. The first-order valence-corrected chi connectivity index (χ1v) is 8.35. The monoisotopic (exact) mass is 360 g/mol. The van der Waals surface area contributed by atoms with Crippen molar-refractivity contribution in [2.75, 3.05) is 0 Å². The van der Waals surface area contributed by atoms with Crippen molar-refractivity contribution in [1.82, 2.24) is 0 Å². The van der Waals surface area contributed by atoms with E-state index in [-0.39, 0.29) is 47.9 Å². The summed E-state index contributed by atoms with van der Waals surface area (Å²) in [5.41, 5.74) is -0.329. The maximum Gasteiger partial charge on any atom is 0.163 e. The second-order valence-corrected chi connectivity index (χ2v) is 6.91. The maximum absolute atomic E-state index is 12.2. The lowest BCUT2D eigenvalue weighted by molar-refractivity contribution is -0.0473. The van der Waals surface area contributed by atoms with Crippen molar-refractivity contribution in [3.8, 4) is 17.2 Å². The molecule has 1 unspecified atom stereocenters. The van der Waals surface area contributed by atoms with Crippen LogP contribution in [0.25, 0.3) is 0 Å². The van der Waals surface area contributed by atoms with Gasteiger partial charge in [0, 0.05) is 24.0 Å². The zero-order valence-electron chi connectivity index (χ0n) is 14.8. The minimum Gasteiger partial charge on any atom is -0.508 e. The molecule has 2 aromatic carbocycles. The molecule has 0 aliphatic carbocycles. The predicted octanol–water partition coefficient (Wildman–Crippen LogP) is 2.29. The van der Waals surface area contributed by atoms with Crippen LogP contribution >= 0.6 is 0 Å². The summed E-state index contributed by atoms with van der Waals surface area (Å²) in [5, 5.41) is 49.5. The summed E-state index contributed by atoms with van der Waals surface area (Å²) in [5.74, 6) is -0.436. The molecule has 0 fully saturated rings. The van der Waals surface area contributed by atoms with Gasteiger partial charge in [0.15, 0.2) is 5.78 Å². The van der Waals surface area contributed by atoms with Gasteiger partial charge in [0.05, 0.1) is 11.7 Å². The van der Waals surface area contributed by atoms with Crippen LogP contribution < -0.4 is 0 Å². The fourth-order valence-electron chi connectivity index (χ4n) is 2.56. The molecule has 0 aliphatic rings. The van der Waals surface area contributed by atoms with Gasteiger partial charge >= 0.3 is 0 Å². The van der Waals surface area contributed by atoms with E-state index in [1.807, 2.05) is 0 Å². The third-order valence-electron chi connectivity index (χ3n) is 4.37. The Morgan fingerprint density at radius 2 is 1.65 bits per heavy atom. The summed E-state index contributed by atoms with van der Waals surface area (Å²) >= 11 is 0. The molecule has 0 saturated carbocycles. The number of aromatic hydroxyl groups is 3. The number of Topliss-reactive ketones (excluding diaryl/α,β-unsaturated/α-hetero) is 1. The number of aryl methyl sites for hydroxylation is 1. The molecule has 0 saturated heterocycles. The fourth-order valence-corrected chi connectivity index (χ4v) is 2.56. The number of phenols is 3. The predicted molar refractivity (Wildman–Crippen MR) is 96.5 cm³/mol. The van der Waals surface area contributed by atoms with Gasteiger partial charge in [-0.05, 0) is 56.2 Å². The first-order chi connectivity index (χ1) is 12.1. The van der Waals surface area contributed by atoms with E-state index in [0.29, 0.717) is 11.1 Å². The van der Waals surface area contributed by atoms with E-state index in [1.54, 1.807) is 0 Å². The topological polar surface area (TPSA) is 118 Å². The molecule has 1 atom stereocenters. The number of aliphatic hydroxyl groups excluding tert-OH is 1. The first kappa shape index (κ1) is 19.8. The Hall–Kier alpha value is -2.57. The van der Waals surface area contributed by atoms with Crippen molar-refractivity contribution in [3.05, 3.63) is 53.1 Å². The first-order valence-electron chi connectivity index (χ1n) is 8.35. The quantitative estimate of drug-likeness (QED) is 0.484. The lowest BCUT2D eigenvalue weighted by atomic mass is 9.92. The third-order valence-corrected chi connectivity index (χ3v) is 4.37. The maximum atomic E-state index is 12.2. The van der Waals surface area contributed by atoms with Gasteiger partial charge in [-0.15, -0.1) is 0 Å². The fraction of sp³-hybridized carbons (Fsp3) is 0.350. The van der Waals surface area contributed by atoms with Crippen LogP contribution in [0.4, 0.5) is 0 Å². The van der Waals surface area contributed by atoms with Crippen molar-refractivity contribution >= 4 is 5.78 Å². The number of hydrogen-bond acceptors (Lipinski definition) is 6. The van der Waals surface area contributed by atoms with E-state index in [1.165, 1.54) is 50.2 Å². The highest BCUT2D eigenvalue weighted by Gasteiger charge is 2.27. The molecule has 2 rings (SSSR count). The van der Waals surface area contributed by atoms with Gasteiger partial charge < -0.3 is 25.5 Å². The smallest absolute Gasteiger partial charge is 0.163 e. The standard InChI is InChI=1S/C20H24O6/c1-20(2,26)18(24)11-15-17(23)10-6-13(19(15)25)5-9-16(22)12-3-7-14(21)8-4-12/h3-4,6-8,10,18,21,23-26H,5,9,11H2,1-2H3. The molecule has 140 valence electrons. The highest BCUT2D eigenvalue weighted by atomic mass is 16.3. The Morgan fingerprint density at radius 3 is 2.23 bits per heavy atom. The lowest BCUT2D eigenvalue weighted by Crippen LogP contribution is -2.37. The van der Waals surface area contributed by atoms with Crippen molar-refractivity contribution < 1.29 is 30.3 Å². The Morgan fingerprint density at radius 1 is 1.04 bits per heavy atom. The van der Waals surface area contributed by atoms with Crippen LogP contribution in [0.5, 0.6) is 17.2 Å². The van der Waals surface area contributed by atoms with Crippen LogP contribution in [0.15, 0.2) is 36.4 Å². The molecule has 26 heavy (non-hydrogen) atoms. The number of carbonyl (C=O) groups excluding carboxylic acids is 1. The Kier molecular flexibility index (Phi) is 5.90. The molecular formula is C20H24O6. The summed E-state index contributed by atoms with van der Waals surface area (Å²) in [7, 11) is 0.